The van der Waals surface area contributed by atoms with Crippen molar-refractivity contribution in [3.63, 3.8) is 0 Å². The number of ether oxygens (including phenoxy) is 2. The summed E-state index contributed by atoms with van der Waals surface area (Å²) in [4.78, 5) is 40.2. The molecule has 2 aliphatic heterocycles. The van der Waals surface area contributed by atoms with Gasteiger partial charge in [-0.2, -0.15) is 17.6 Å². The second-order valence-electron chi connectivity index (χ2n) is 16.5. The van der Waals surface area contributed by atoms with Crippen LogP contribution < -0.4 is 11.5 Å². The van der Waals surface area contributed by atoms with Crippen molar-refractivity contribution in [3.8, 4) is 0 Å². The molecule has 4 aliphatic carbocycles. The molecule has 4 spiro atoms. The van der Waals surface area contributed by atoms with Gasteiger partial charge >= 0.3 is 13.2 Å². The van der Waals surface area contributed by atoms with Crippen LogP contribution in [0.15, 0.2) is 56.9 Å². The molecule has 8 rings (SSSR count). The Balaban J connectivity index is 0.000000210. The zero-order valence-corrected chi connectivity index (χ0v) is 36.0. The Kier molecular flexibility index (Phi) is 13.2. The minimum Gasteiger partial charge on any atom is -0.369 e. The maximum atomic E-state index is 13.8. The van der Waals surface area contributed by atoms with Gasteiger partial charge in [0.1, 0.15) is 0 Å². The molecule has 2 unspecified atom stereocenters. The molecule has 4 N–H and O–H groups in total. The van der Waals surface area contributed by atoms with Crippen LogP contribution in [0.4, 0.5) is 17.6 Å². The molecule has 2 fully saturated rings. The predicted octanol–water partition coefficient (Wildman–Crippen LogP) is 7.55. The van der Waals surface area contributed by atoms with E-state index in [0.29, 0.717) is 64.2 Å². The number of amides is 2. The van der Waals surface area contributed by atoms with Crippen LogP contribution in [0.5, 0.6) is 0 Å². The zero-order valence-electron chi connectivity index (χ0n) is 32.9. The van der Waals surface area contributed by atoms with E-state index in [1.165, 1.54) is 0 Å². The Hall–Kier alpha value is -2.90. The molecule has 0 saturated heterocycles. The van der Waals surface area contributed by atoms with Crippen LogP contribution in [0.1, 0.15) is 101 Å². The smallest absolute Gasteiger partial charge is 0.345 e. The summed E-state index contributed by atoms with van der Waals surface area (Å²) in [7, 11) is 0. The Bertz CT molecular complexity index is 1900. The first-order valence-corrected chi connectivity index (χ1v) is 19.9. The number of hydrogen-bond donors (Lipinski definition) is 2. The molecular weight excluding hydrogens is 903 g/mol. The summed E-state index contributed by atoms with van der Waals surface area (Å²) in [6.45, 7) is 2.12. The number of carbonyl (C=O) groups is 2. The summed E-state index contributed by atoms with van der Waals surface area (Å²) in [5.74, 6) is 0.286. The summed E-state index contributed by atoms with van der Waals surface area (Å²) in [5.41, 5.74) is 13.3. The van der Waals surface area contributed by atoms with Crippen molar-refractivity contribution in [1.29, 1.82) is 0 Å². The van der Waals surface area contributed by atoms with Gasteiger partial charge in [0.05, 0.1) is 12.2 Å². The van der Waals surface area contributed by atoms with E-state index in [4.69, 9.17) is 30.9 Å². The van der Waals surface area contributed by atoms with Crippen molar-refractivity contribution in [2.75, 3.05) is 0 Å². The van der Waals surface area contributed by atoms with Gasteiger partial charge in [-0.1, -0.05) is 46.3 Å². The monoisotopic (exact) mass is 953 g/mol. The topological polar surface area (TPSA) is 136 Å². The van der Waals surface area contributed by atoms with Gasteiger partial charge in [-0.15, -0.1) is 0 Å². The van der Waals surface area contributed by atoms with E-state index in [1.807, 2.05) is 70.2 Å². The molecule has 10 nitrogen and oxygen atoms in total. The first-order valence-electron chi connectivity index (χ1n) is 19.1. The third-order valence-corrected chi connectivity index (χ3v) is 13.5. The average Bonchev–Trinajstić information content (AvgIpc) is 3.74. The van der Waals surface area contributed by atoms with Crippen molar-refractivity contribution in [2.24, 2.45) is 32.3 Å². The molecule has 2 aromatic rings. The number of nitrogens with two attached hydrogens (primary N) is 2. The van der Waals surface area contributed by atoms with Crippen LogP contribution in [-0.2, 0) is 63.4 Å². The predicted molar refractivity (Wildman–Crippen MR) is 209 cm³/mol. The number of nitrogens with zero attached hydrogens (tertiary/aromatic N) is 4. The normalized spacial score (nSPS) is 31.3. The molecule has 57 heavy (non-hydrogen) atoms. The number of alkyl halides is 4. The Morgan fingerprint density at radius 2 is 1.11 bits per heavy atom. The van der Waals surface area contributed by atoms with Gasteiger partial charge in [0, 0.05) is 47.8 Å². The minimum absolute atomic E-state index is 0. The van der Waals surface area contributed by atoms with Crippen LogP contribution in [-0.4, -0.2) is 71.0 Å². The van der Waals surface area contributed by atoms with E-state index in [0.717, 1.165) is 26.7 Å². The number of carbonyl (C=O) groups excluding carboxylic acids is 2. The van der Waals surface area contributed by atoms with Gasteiger partial charge in [-0.25, -0.2) is 9.98 Å². The number of guanidine groups is 2. The Labute approximate surface area is 354 Å². The van der Waals surface area contributed by atoms with E-state index in [9.17, 15) is 27.2 Å². The quantitative estimate of drug-likeness (QED) is 0.175. The number of halogens is 5. The first kappa shape index (κ1) is 45.2. The molecule has 0 radical (unpaired) electrons. The Morgan fingerprint density at radius 1 is 0.702 bits per heavy atom. The number of aliphatic imine (C=N–C) groups is 2. The molecule has 316 valence electrons. The second kappa shape index (κ2) is 16.6. The SMILES string of the molecule is CC(C)N1C(=O)C2(N=C1N)c1cc(Br)ccc1CC21CCC(OC(F)F)CC1.CC(C)N1C(=O)C2(N=C1N)c1ccccc1CC21CCC(OC(F)F)CC1.[CH3-].[Pd]. The van der Waals surface area contributed by atoms with Crippen LogP contribution in [0.2, 0.25) is 0 Å². The molecular formula is C41H52BrF4N6O4Pd-. The van der Waals surface area contributed by atoms with Crippen LogP contribution in [0.3, 0.4) is 0 Å². The van der Waals surface area contributed by atoms with Gasteiger partial charge in [-0.05, 0) is 126 Å². The summed E-state index contributed by atoms with van der Waals surface area (Å²) in [5, 5.41) is 0. The third-order valence-electron chi connectivity index (χ3n) is 13.0. The van der Waals surface area contributed by atoms with Gasteiger partial charge in [0.25, 0.3) is 11.8 Å². The van der Waals surface area contributed by atoms with Crippen LogP contribution in [0.25, 0.3) is 0 Å². The molecule has 2 saturated carbocycles. The fraction of sp³-hybridized carbons (Fsp3) is 0.585. The third kappa shape index (κ3) is 7.17. The van der Waals surface area contributed by atoms with Crippen molar-refractivity contribution in [3.05, 3.63) is 76.6 Å². The van der Waals surface area contributed by atoms with Gasteiger partial charge in [0.2, 0.25) is 0 Å². The molecule has 2 heterocycles. The number of benzene rings is 2. The van der Waals surface area contributed by atoms with Crippen molar-refractivity contribution in [1.82, 2.24) is 9.80 Å². The average molecular weight is 955 g/mol. The van der Waals surface area contributed by atoms with Crippen molar-refractivity contribution >= 4 is 39.7 Å². The number of rotatable bonds is 6. The van der Waals surface area contributed by atoms with Gasteiger partial charge in [0.15, 0.2) is 23.0 Å². The van der Waals surface area contributed by atoms with E-state index in [2.05, 4.69) is 15.9 Å². The molecule has 6 aliphatic rings. The first-order chi connectivity index (χ1) is 26.0. The second-order valence-corrected chi connectivity index (χ2v) is 17.4. The number of hydrogen-bond acceptors (Lipinski definition) is 8. The molecule has 16 heteroatoms. The molecule has 2 aromatic carbocycles. The summed E-state index contributed by atoms with van der Waals surface area (Å²) >= 11 is 3.52. The largest absolute Gasteiger partial charge is 0.369 e. The van der Waals surface area contributed by atoms with E-state index >= 15 is 0 Å². The van der Waals surface area contributed by atoms with Gasteiger partial charge < -0.3 is 28.4 Å². The fourth-order valence-electron chi connectivity index (χ4n) is 10.7. The van der Waals surface area contributed by atoms with E-state index in [1.54, 1.807) is 9.80 Å². The van der Waals surface area contributed by atoms with Crippen molar-refractivity contribution < 1.29 is 57.0 Å². The zero-order chi connectivity index (χ0) is 39.7. The molecule has 2 atom stereocenters. The summed E-state index contributed by atoms with van der Waals surface area (Å²) < 4.78 is 61.0. The van der Waals surface area contributed by atoms with Crippen LogP contribution >= 0.6 is 15.9 Å². The molecule has 0 bridgehead atoms. The summed E-state index contributed by atoms with van der Waals surface area (Å²) in [6, 6.07) is 13.6. The number of fused-ring (bicyclic) bond motifs is 6. The van der Waals surface area contributed by atoms with Crippen molar-refractivity contribution in [2.45, 2.75) is 140 Å². The molecule has 0 aromatic heterocycles. The van der Waals surface area contributed by atoms with Gasteiger partial charge in [-0.3, -0.25) is 19.4 Å². The fourth-order valence-corrected chi connectivity index (χ4v) is 11.1. The minimum atomic E-state index is -2.78. The van der Waals surface area contributed by atoms with Crippen LogP contribution in [0, 0.1) is 18.3 Å². The van der Waals surface area contributed by atoms with E-state index in [-0.39, 0.29) is 63.7 Å². The maximum Gasteiger partial charge on any atom is 0.345 e. The maximum absolute atomic E-state index is 13.8. The Morgan fingerprint density at radius 3 is 1.51 bits per heavy atom. The standard InChI is InChI=1S/C20H24BrF2N3O2.C20H25F2N3O2.CH3.Pd/c1-11(2)26-16(27)20(25-18(26)24)15-9-13(21)4-3-12(15)10-19(20)7-5-14(6-8-19)28-17(22)23;1-12(2)25-16(26)20(24-18(25)23)15-6-4-3-5-13(15)11-19(20)9-7-14(8-10-19)27-17(21)22;;/h3-4,9,11,14,17H,5-8,10H2,1-2H3,(H2,24,25);3-6,12,14,17H,7-11H2,1-2H3,(H2,23,24);1H3;/q;;-1;. The summed E-state index contributed by atoms with van der Waals surface area (Å²) in [6.07, 6.45) is 4.75. The van der Waals surface area contributed by atoms with E-state index < -0.39 is 47.3 Å². The molecule has 2 amide bonds.